The highest BCUT2D eigenvalue weighted by molar-refractivity contribution is 6.81. The summed E-state index contributed by atoms with van der Waals surface area (Å²) >= 11 is 0. The number of hydrogen-bond acceptors (Lipinski definition) is 4. The fraction of sp³-hybridized carbons (Fsp3) is 0.579. The van der Waals surface area contributed by atoms with Gasteiger partial charge in [0.15, 0.2) is 0 Å². The lowest BCUT2D eigenvalue weighted by molar-refractivity contribution is 0.0376. The van der Waals surface area contributed by atoms with Crippen LogP contribution in [0.2, 0.25) is 6.04 Å². The summed E-state index contributed by atoms with van der Waals surface area (Å²) < 4.78 is 18.1. The zero-order valence-corrected chi connectivity index (χ0v) is 16.1. The van der Waals surface area contributed by atoms with Crippen LogP contribution in [0.5, 0.6) is 0 Å². The smallest absolute Gasteiger partial charge is 0.373 e. The van der Waals surface area contributed by atoms with Gasteiger partial charge in [0, 0.05) is 31.5 Å². The molecule has 0 saturated carbocycles. The minimum Gasteiger partial charge on any atom is -0.391 e. The van der Waals surface area contributed by atoms with E-state index in [-0.39, 0.29) is 0 Å². The van der Waals surface area contributed by atoms with E-state index in [0.717, 1.165) is 50.9 Å². The first kappa shape index (κ1) is 19.3. The van der Waals surface area contributed by atoms with Crippen LogP contribution < -0.4 is 5.19 Å². The Labute approximate surface area is 147 Å². The highest BCUT2D eigenvalue weighted by Gasteiger charge is 2.40. The molecule has 1 aromatic rings. The van der Waals surface area contributed by atoms with Crippen molar-refractivity contribution < 1.29 is 13.6 Å². The second-order valence-corrected chi connectivity index (χ2v) is 9.09. The number of benzene rings is 1. The van der Waals surface area contributed by atoms with Gasteiger partial charge in [0.05, 0.1) is 13.2 Å². The highest BCUT2D eigenvalue weighted by atomic mass is 28.4. The SMILES string of the molecule is C=Cc1ccccc1[Si](CCCN1CCOCC1)(OCC)OCC. The minimum absolute atomic E-state index is 0.676. The number of nitrogens with zero attached hydrogens (tertiary/aromatic N) is 1. The summed E-state index contributed by atoms with van der Waals surface area (Å²) in [6, 6.07) is 9.35. The summed E-state index contributed by atoms with van der Waals surface area (Å²) in [5.74, 6) is 0. The molecule has 0 bridgehead atoms. The molecule has 2 rings (SSSR count). The maximum Gasteiger partial charge on any atom is 0.373 e. The monoisotopic (exact) mass is 349 g/mol. The normalized spacial score (nSPS) is 16.2. The van der Waals surface area contributed by atoms with Gasteiger partial charge in [0.1, 0.15) is 0 Å². The van der Waals surface area contributed by atoms with Gasteiger partial charge < -0.3 is 13.6 Å². The molecule has 1 heterocycles. The third-order valence-electron chi connectivity index (χ3n) is 4.43. The predicted molar refractivity (Wildman–Crippen MR) is 102 cm³/mol. The molecule has 0 aliphatic carbocycles. The topological polar surface area (TPSA) is 30.9 Å². The summed E-state index contributed by atoms with van der Waals surface area (Å²) in [4.78, 5) is 2.47. The molecular formula is C19H31NO3Si. The molecule has 1 saturated heterocycles. The molecule has 5 heteroatoms. The second kappa shape index (κ2) is 10.1. The zero-order chi connectivity index (χ0) is 17.3. The molecule has 0 unspecified atom stereocenters. The van der Waals surface area contributed by atoms with Crippen LogP contribution in [0.15, 0.2) is 30.8 Å². The van der Waals surface area contributed by atoms with Crippen molar-refractivity contribution in [3.8, 4) is 0 Å². The molecule has 0 amide bonds. The summed E-state index contributed by atoms with van der Waals surface area (Å²) in [7, 11) is -2.45. The van der Waals surface area contributed by atoms with Crippen molar-refractivity contribution >= 4 is 19.8 Å². The van der Waals surface area contributed by atoms with Crippen molar-refractivity contribution in [2.24, 2.45) is 0 Å². The summed E-state index contributed by atoms with van der Waals surface area (Å²) in [6.07, 6.45) is 2.99. The van der Waals surface area contributed by atoms with E-state index in [2.05, 4.69) is 43.5 Å². The minimum atomic E-state index is -2.45. The highest BCUT2D eigenvalue weighted by Crippen LogP contribution is 2.20. The van der Waals surface area contributed by atoms with E-state index in [4.69, 9.17) is 13.6 Å². The first-order chi connectivity index (χ1) is 11.8. The number of morpholine rings is 1. The molecule has 4 nitrogen and oxygen atoms in total. The summed E-state index contributed by atoms with van der Waals surface area (Å²) in [5.41, 5.74) is 1.14. The van der Waals surface area contributed by atoms with E-state index in [0.29, 0.717) is 13.2 Å². The van der Waals surface area contributed by atoms with Crippen molar-refractivity contribution in [3.05, 3.63) is 36.4 Å². The molecule has 0 spiro atoms. The largest absolute Gasteiger partial charge is 0.391 e. The molecule has 134 valence electrons. The first-order valence-corrected chi connectivity index (χ1v) is 11.1. The fourth-order valence-electron chi connectivity index (χ4n) is 3.32. The third kappa shape index (κ3) is 5.01. The van der Waals surface area contributed by atoms with Crippen LogP contribution in [-0.2, 0) is 13.6 Å². The van der Waals surface area contributed by atoms with Crippen LogP contribution in [0.1, 0.15) is 25.8 Å². The number of ether oxygens (including phenoxy) is 1. The number of hydrogen-bond donors (Lipinski definition) is 0. The van der Waals surface area contributed by atoms with E-state index < -0.39 is 8.56 Å². The van der Waals surface area contributed by atoms with Crippen molar-refractivity contribution in [1.29, 1.82) is 0 Å². The van der Waals surface area contributed by atoms with Crippen molar-refractivity contribution in [2.75, 3.05) is 46.1 Å². The molecule has 1 fully saturated rings. The lowest BCUT2D eigenvalue weighted by Gasteiger charge is -2.33. The van der Waals surface area contributed by atoms with Crippen LogP contribution in [-0.4, -0.2) is 59.5 Å². The molecule has 1 aromatic carbocycles. The quantitative estimate of drug-likeness (QED) is 0.608. The van der Waals surface area contributed by atoms with Crippen LogP contribution >= 0.6 is 0 Å². The van der Waals surface area contributed by atoms with Gasteiger partial charge in [-0.3, -0.25) is 4.90 Å². The van der Waals surface area contributed by atoms with Gasteiger partial charge in [-0.2, -0.15) is 0 Å². The first-order valence-electron chi connectivity index (χ1n) is 9.05. The molecule has 1 aliphatic heterocycles. The van der Waals surface area contributed by atoms with Crippen LogP contribution in [0.4, 0.5) is 0 Å². The Bertz CT molecular complexity index is 497. The molecular weight excluding hydrogens is 318 g/mol. The van der Waals surface area contributed by atoms with Crippen molar-refractivity contribution in [3.63, 3.8) is 0 Å². The Morgan fingerprint density at radius 3 is 2.46 bits per heavy atom. The fourth-order valence-corrected chi connectivity index (χ4v) is 6.81. The van der Waals surface area contributed by atoms with Gasteiger partial charge in [-0.15, -0.1) is 0 Å². The van der Waals surface area contributed by atoms with E-state index in [1.807, 2.05) is 12.1 Å². The average molecular weight is 350 g/mol. The van der Waals surface area contributed by atoms with E-state index in [1.54, 1.807) is 0 Å². The lowest BCUT2D eigenvalue weighted by Crippen LogP contribution is -2.55. The Morgan fingerprint density at radius 1 is 1.17 bits per heavy atom. The van der Waals surface area contributed by atoms with Gasteiger partial charge in [-0.1, -0.05) is 36.9 Å². The van der Waals surface area contributed by atoms with E-state index in [9.17, 15) is 0 Å². The maximum absolute atomic E-state index is 6.31. The van der Waals surface area contributed by atoms with E-state index >= 15 is 0 Å². The predicted octanol–water partition coefficient (Wildman–Crippen LogP) is 2.77. The Kier molecular flexibility index (Phi) is 8.15. The molecule has 0 atom stereocenters. The third-order valence-corrected chi connectivity index (χ3v) is 8.23. The van der Waals surface area contributed by atoms with Gasteiger partial charge in [0.25, 0.3) is 0 Å². The molecule has 24 heavy (non-hydrogen) atoms. The lowest BCUT2D eigenvalue weighted by atomic mass is 10.2. The Balaban J connectivity index is 2.13. The van der Waals surface area contributed by atoms with Crippen LogP contribution in [0.25, 0.3) is 6.08 Å². The van der Waals surface area contributed by atoms with Crippen LogP contribution in [0, 0.1) is 0 Å². The van der Waals surface area contributed by atoms with E-state index in [1.165, 1.54) is 5.19 Å². The molecule has 0 aromatic heterocycles. The maximum atomic E-state index is 6.31. The Morgan fingerprint density at radius 2 is 1.83 bits per heavy atom. The standard InChI is InChI=1S/C19H31NO3Si/c1-4-18-10-7-8-11-19(18)24(22-5-2,23-6-3)17-9-12-20-13-15-21-16-14-20/h4,7-8,10-11H,1,5-6,9,12-17H2,2-3H3. The molecule has 0 radical (unpaired) electrons. The van der Waals surface area contributed by atoms with Gasteiger partial charge in [0.2, 0.25) is 0 Å². The van der Waals surface area contributed by atoms with Crippen LogP contribution in [0.3, 0.4) is 0 Å². The van der Waals surface area contributed by atoms with Crippen molar-refractivity contribution in [1.82, 2.24) is 4.90 Å². The molecule has 0 N–H and O–H groups in total. The molecule has 1 aliphatic rings. The van der Waals surface area contributed by atoms with Gasteiger partial charge in [-0.05, 0) is 38.4 Å². The zero-order valence-electron chi connectivity index (χ0n) is 15.1. The van der Waals surface area contributed by atoms with Crippen molar-refractivity contribution in [2.45, 2.75) is 26.3 Å². The van der Waals surface area contributed by atoms with Gasteiger partial charge >= 0.3 is 8.56 Å². The Hall–Kier alpha value is -0.983. The summed E-state index contributed by atoms with van der Waals surface area (Å²) in [5, 5.41) is 1.21. The van der Waals surface area contributed by atoms with Gasteiger partial charge in [-0.25, -0.2) is 0 Å². The summed E-state index contributed by atoms with van der Waals surface area (Å²) in [6.45, 7) is 14.3. The second-order valence-electron chi connectivity index (χ2n) is 5.97. The average Bonchev–Trinajstić information content (AvgIpc) is 2.63. The number of rotatable bonds is 10.